The zero-order valence-electron chi connectivity index (χ0n) is 31.3. The van der Waals surface area contributed by atoms with E-state index in [0.29, 0.717) is 35.3 Å². The van der Waals surface area contributed by atoms with Gasteiger partial charge in [0, 0.05) is 59.7 Å². The molecule has 14 heteroatoms. The van der Waals surface area contributed by atoms with E-state index in [-0.39, 0.29) is 51.7 Å². The molecule has 56 heavy (non-hydrogen) atoms. The molecule has 0 spiro atoms. The fourth-order valence-electron chi connectivity index (χ4n) is 6.99. The predicted molar refractivity (Wildman–Crippen MR) is 214 cm³/mol. The lowest BCUT2D eigenvalue weighted by molar-refractivity contribution is 0.191. The Labute approximate surface area is 332 Å². The van der Waals surface area contributed by atoms with Crippen molar-refractivity contribution in [3.63, 3.8) is 0 Å². The number of hydrogen-bond acceptors (Lipinski definition) is 7. The van der Waals surface area contributed by atoms with Crippen LogP contribution >= 0.6 is 15.9 Å². The summed E-state index contributed by atoms with van der Waals surface area (Å²) in [4.78, 5) is 4.99. The number of halogens is 3. The summed E-state index contributed by atoms with van der Waals surface area (Å²) in [6, 6.07) is 24.4. The highest BCUT2D eigenvalue weighted by Gasteiger charge is 2.36. The second-order valence-electron chi connectivity index (χ2n) is 14.9. The number of rotatable bonds is 14. The Balaban J connectivity index is 1.29. The van der Waals surface area contributed by atoms with Crippen molar-refractivity contribution in [1.29, 1.82) is 0 Å². The van der Waals surface area contributed by atoms with E-state index in [1.807, 2.05) is 24.3 Å². The lowest BCUT2D eigenvalue weighted by Crippen LogP contribution is -2.28. The van der Waals surface area contributed by atoms with Crippen molar-refractivity contribution in [2.24, 2.45) is 12.5 Å². The van der Waals surface area contributed by atoms with Gasteiger partial charge in [-0.25, -0.2) is 30.8 Å². The normalized spacial score (nSPS) is 13.3. The Kier molecular flexibility index (Phi) is 10.7. The van der Waals surface area contributed by atoms with Gasteiger partial charge in [0.05, 0.1) is 21.4 Å². The summed E-state index contributed by atoms with van der Waals surface area (Å²) in [6.45, 7) is 6.38. The van der Waals surface area contributed by atoms with Crippen molar-refractivity contribution in [2.75, 3.05) is 6.61 Å². The van der Waals surface area contributed by atoms with Gasteiger partial charge in [0.2, 0.25) is 0 Å². The van der Waals surface area contributed by atoms with Crippen molar-refractivity contribution in [1.82, 2.24) is 28.9 Å². The fraction of sp³-hybridized carbons (Fsp3) is 0.262. The van der Waals surface area contributed by atoms with E-state index in [9.17, 15) is 13.5 Å². The van der Waals surface area contributed by atoms with Gasteiger partial charge in [-0.2, -0.15) is 10.2 Å². The molecule has 0 aliphatic heterocycles. The monoisotopic (exact) mass is 842 g/mol. The van der Waals surface area contributed by atoms with Gasteiger partial charge in [0.1, 0.15) is 11.6 Å². The topological polar surface area (TPSA) is 128 Å². The van der Waals surface area contributed by atoms with Crippen molar-refractivity contribution < 1.29 is 27.0 Å². The Morgan fingerprint density at radius 3 is 2.41 bits per heavy atom. The highest BCUT2D eigenvalue weighted by molar-refractivity contribution is 9.10. The fourth-order valence-corrected chi connectivity index (χ4v) is 8.75. The Morgan fingerprint density at radius 1 is 0.911 bits per heavy atom. The van der Waals surface area contributed by atoms with E-state index in [1.54, 1.807) is 43.6 Å². The summed E-state index contributed by atoms with van der Waals surface area (Å²) in [5.41, 5.74) is 1.38. The van der Waals surface area contributed by atoms with Gasteiger partial charge in [-0.05, 0) is 91.8 Å². The maximum atomic E-state index is 16.4. The smallest absolute Gasteiger partial charge is 0.268 e. The number of fused-ring (bicyclic) bond motifs is 1. The summed E-state index contributed by atoms with van der Waals surface area (Å²) in [5, 5.41) is 21.9. The molecule has 0 saturated carbocycles. The van der Waals surface area contributed by atoms with Gasteiger partial charge < -0.3 is 9.84 Å². The van der Waals surface area contributed by atoms with Crippen LogP contribution in [0, 0.1) is 17.0 Å². The number of aliphatic hydroxyl groups is 1. The maximum absolute atomic E-state index is 16.4. The average Bonchev–Trinajstić information content (AvgIpc) is 3.94. The number of nitrogens with one attached hydrogen (secondary N) is 1. The third kappa shape index (κ3) is 7.65. The van der Waals surface area contributed by atoms with Gasteiger partial charge in [0.25, 0.3) is 10.0 Å². The summed E-state index contributed by atoms with van der Waals surface area (Å²) in [5.74, 6) is -0.666. The number of aryl methyl sites for hydroxylation is 1. The molecular weight excluding hydrogens is 802 g/mol. The minimum atomic E-state index is -4.06. The first-order valence-corrected chi connectivity index (χ1v) is 20.3. The quantitative estimate of drug-likeness (QED) is 0.112. The number of H-pyrrole nitrogens is 1. The molecule has 0 radical (unpaired) electrons. The van der Waals surface area contributed by atoms with Crippen molar-refractivity contribution in [3.05, 3.63) is 142 Å². The minimum absolute atomic E-state index is 0.0571. The molecule has 0 aliphatic carbocycles. The predicted octanol–water partition coefficient (Wildman–Crippen LogP) is 9.32. The van der Waals surface area contributed by atoms with E-state index >= 15 is 8.78 Å². The molecule has 2 N–H and O–H groups in total. The third-order valence-corrected chi connectivity index (χ3v) is 12.6. The van der Waals surface area contributed by atoms with E-state index in [2.05, 4.69) is 46.9 Å². The zero-order chi connectivity index (χ0) is 39.8. The summed E-state index contributed by atoms with van der Waals surface area (Å²) >= 11 is 3.60. The Morgan fingerprint density at radius 2 is 1.70 bits per heavy atom. The molecule has 0 amide bonds. The molecule has 7 aromatic rings. The molecule has 290 valence electrons. The number of aromatic nitrogens is 6. The Bertz CT molecular complexity index is 2630. The van der Waals surface area contributed by atoms with Crippen LogP contribution in [-0.2, 0) is 28.9 Å². The van der Waals surface area contributed by atoms with Crippen LogP contribution in [0.5, 0.6) is 11.5 Å². The maximum Gasteiger partial charge on any atom is 0.268 e. The summed E-state index contributed by atoms with van der Waals surface area (Å²) in [6.07, 6.45) is 5.14. The first-order valence-electron chi connectivity index (χ1n) is 18.1. The summed E-state index contributed by atoms with van der Waals surface area (Å²) in [7, 11) is -2.36. The van der Waals surface area contributed by atoms with Gasteiger partial charge in [0.15, 0.2) is 23.2 Å². The van der Waals surface area contributed by atoms with E-state index in [0.717, 1.165) is 26.5 Å². The van der Waals surface area contributed by atoms with E-state index < -0.39 is 27.1 Å². The van der Waals surface area contributed by atoms with Crippen LogP contribution in [0.25, 0.3) is 22.3 Å². The number of aromatic amines is 1. The molecule has 0 aliphatic rings. The van der Waals surface area contributed by atoms with E-state index in [4.69, 9.17) is 14.8 Å². The van der Waals surface area contributed by atoms with E-state index in [1.165, 1.54) is 41.2 Å². The molecule has 4 aromatic carbocycles. The Hall–Kier alpha value is -5.18. The summed E-state index contributed by atoms with van der Waals surface area (Å²) < 4.78 is 69.2. The largest absolute Gasteiger partial charge is 0.454 e. The van der Waals surface area contributed by atoms with Crippen molar-refractivity contribution in [2.45, 2.75) is 56.8 Å². The van der Waals surface area contributed by atoms with Crippen LogP contribution in [0.3, 0.4) is 0 Å². The van der Waals surface area contributed by atoms with Crippen molar-refractivity contribution >= 4 is 36.9 Å². The number of aliphatic hydroxyl groups excluding tert-OH is 1. The molecule has 1 unspecified atom stereocenters. The minimum Gasteiger partial charge on any atom is -0.454 e. The van der Waals surface area contributed by atoms with Gasteiger partial charge >= 0.3 is 0 Å². The third-order valence-electron chi connectivity index (χ3n) is 10.4. The number of ether oxygens (including phenoxy) is 1. The first-order chi connectivity index (χ1) is 26.7. The number of hydrogen-bond donors (Lipinski definition) is 2. The van der Waals surface area contributed by atoms with Crippen LogP contribution in [0.1, 0.15) is 62.7 Å². The average molecular weight is 844 g/mol. The van der Waals surface area contributed by atoms with Crippen LogP contribution in [0.2, 0.25) is 0 Å². The number of nitrogens with zero attached hydrogens (tertiary/aromatic N) is 5. The molecule has 7 rings (SSSR count). The molecular formula is C42H41BrF2N6O4S. The highest BCUT2D eigenvalue weighted by Crippen LogP contribution is 2.42. The number of benzene rings is 4. The first kappa shape index (κ1) is 39.1. The molecule has 3 heterocycles. The zero-order valence-corrected chi connectivity index (χ0v) is 33.7. The lowest BCUT2D eigenvalue weighted by atomic mass is 9.72. The lowest BCUT2D eigenvalue weighted by Gasteiger charge is -2.32. The molecule has 0 fully saturated rings. The van der Waals surface area contributed by atoms with Crippen LogP contribution in [-0.4, -0.2) is 49.1 Å². The van der Waals surface area contributed by atoms with Gasteiger partial charge in [-0.3, -0.25) is 5.10 Å². The molecule has 1 atom stereocenters. The second kappa shape index (κ2) is 15.4. The molecule has 0 saturated heterocycles. The van der Waals surface area contributed by atoms with Gasteiger partial charge in [-0.1, -0.05) is 60.1 Å². The van der Waals surface area contributed by atoms with Crippen LogP contribution in [0.4, 0.5) is 8.78 Å². The van der Waals surface area contributed by atoms with Crippen LogP contribution < -0.4 is 4.74 Å². The SMILES string of the molecule is Cn1nc(C(C)(CCC(C)(C)CCO)c2cccc(Br)c2)nc1-c1cc(Oc2c(F)cc3c(ccn3S(=O)(=O)c3ccccc3)c2Cc2ccn[nH]2)ccc1F. The molecule has 10 nitrogen and oxygen atoms in total. The highest BCUT2D eigenvalue weighted by atomic mass is 79.9. The molecule has 0 bridgehead atoms. The second-order valence-corrected chi connectivity index (χ2v) is 17.6. The standard InChI is InChI=1S/C42H41BrF2N6O4S/c1-41(2,19-22-52)17-18-42(3,27-9-8-10-28(43)23-27)40-47-39(50(4)49-40)34-25-30(13-14-35(34)44)55-38-33(24-29-15-20-46-48-29)32-16-21-51(37(32)26-36(38)45)56(53,54)31-11-6-5-7-12-31/h5-16,20-21,23,25-26,52H,17-19,22,24H2,1-4H3,(H,46,48). The van der Waals surface area contributed by atoms with Crippen molar-refractivity contribution in [3.8, 4) is 22.9 Å². The van der Waals surface area contributed by atoms with Gasteiger partial charge in [-0.15, -0.1) is 0 Å². The van der Waals surface area contributed by atoms with Crippen LogP contribution in [0.15, 0.2) is 113 Å². The molecule has 3 aromatic heterocycles.